The summed E-state index contributed by atoms with van der Waals surface area (Å²) >= 11 is 0. The molecule has 1 N–H and O–H groups in total. The molecule has 0 aliphatic carbocycles. The van der Waals surface area contributed by atoms with Gasteiger partial charge in [-0.05, 0) is 32.8 Å². The van der Waals surface area contributed by atoms with Crippen molar-refractivity contribution in [1.82, 2.24) is 10.2 Å². The summed E-state index contributed by atoms with van der Waals surface area (Å²) in [4.78, 5) is 18.9. The second-order valence-electron chi connectivity index (χ2n) is 6.00. The van der Waals surface area contributed by atoms with Gasteiger partial charge in [-0.1, -0.05) is 18.2 Å². The number of nitrogens with zero attached hydrogens (tertiary/aromatic N) is 2. The summed E-state index contributed by atoms with van der Waals surface area (Å²) in [5.74, 6) is 1.67. The zero-order valence-corrected chi connectivity index (χ0v) is 15.5. The second-order valence-corrected chi connectivity index (χ2v) is 6.00. The molecular formula is C19H29N3O3. The Morgan fingerprint density at radius 1 is 1.28 bits per heavy atom. The Labute approximate surface area is 150 Å². The minimum Gasteiger partial charge on any atom is -0.496 e. The highest BCUT2D eigenvalue weighted by Gasteiger charge is 2.27. The fourth-order valence-corrected chi connectivity index (χ4v) is 3.01. The minimum atomic E-state index is -0.0712. The summed E-state index contributed by atoms with van der Waals surface area (Å²) in [6.07, 6.45) is 1.61. The maximum atomic E-state index is 11.9. The largest absolute Gasteiger partial charge is 0.496 e. The quantitative estimate of drug-likeness (QED) is 0.486. The van der Waals surface area contributed by atoms with Gasteiger partial charge in [0.2, 0.25) is 0 Å². The Morgan fingerprint density at radius 2 is 2.00 bits per heavy atom. The highest BCUT2D eigenvalue weighted by Crippen LogP contribution is 2.20. The van der Waals surface area contributed by atoms with Crippen molar-refractivity contribution in [2.75, 3.05) is 33.4 Å². The zero-order chi connectivity index (χ0) is 18.1. The lowest BCUT2D eigenvalue weighted by molar-refractivity contribution is -0.149. The first-order chi connectivity index (χ1) is 12.2. The number of nitrogens with one attached hydrogen (secondary N) is 1. The molecular weight excluding hydrogens is 318 g/mol. The molecule has 0 saturated carbocycles. The normalized spacial score (nSPS) is 15.8. The van der Waals surface area contributed by atoms with E-state index in [0.717, 1.165) is 49.7 Å². The number of carbonyl (C=O) groups is 1. The number of piperidine rings is 1. The van der Waals surface area contributed by atoms with Gasteiger partial charge in [-0.3, -0.25) is 4.79 Å². The molecule has 0 unspecified atom stereocenters. The first-order valence-electron chi connectivity index (χ1n) is 9.01. The van der Waals surface area contributed by atoms with Crippen LogP contribution in [0.2, 0.25) is 0 Å². The van der Waals surface area contributed by atoms with E-state index in [1.165, 1.54) is 0 Å². The van der Waals surface area contributed by atoms with E-state index in [1.807, 2.05) is 31.2 Å². The average molecular weight is 347 g/mol. The third-order valence-corrected chi connectivity index (χ3v) is 4.34. The van der Waals surface area contributed by atoms with Gasteiger partial charge >= 0.3 is 5.97 Å². The number of likely N-dealkylation sites (tertiary alicyclic amines) is 1. The minimum absolute atomic E-state index is 0.00768. The lowest BCUT2D eigenvalue weighted by atomic mass is 9.97. The molecule has 2 rings (SSSR count). The lowest BCUT2D eigenvalue weighted by Crippen LogP contribution is -2.46. The van der Waals surface area contributed by atoms with Crippen molar-refractivity contribution >= 4 is 11.9 Å². The Hall–Kier alpha value is -2.24. The van der Waals surface area contributed by atoms with Crippen molar-refractivity contribution in [1.29, 1.82) is 0 Å². The van der Waals surface area contributed by atoms with Crippen molar-refractivity contribution < 1.29 is 14.3 Å². The Balaban J connectivity index is 2.00. The van der Waals surface area contributed by atoms with Crippen molar-refractivity contribution in [2.24, 2.45) is 10.9 Å². The number of para-hydroxylation sites is 1. The molecule has 0 spiro atoms. The van der Waals surface area contributed by atoms with Gasteiger partial charge in [0.15, 0.2) is 5.96 Å². The van der Waals surface area contributed by atoms with E-state index < -0.39 is 0 Å². The number of hydrogen-bond acceptors (Lipinski definition) is 4. The van der Waals surface area contributed by atoms with E-state index in [4.69, 9.17) is 14.5 Å². The molecule has 1 aromatic rings. The van der Waals surface area contributed by atoms with Crippen molar-refractivity contribution in [3.05, 3.63) is 29.8 Å². The number of aliphatic imine (C=N–C) groups is 1. The third-order valence-electron chi connectivity index (χ3n) is 4.34. The first kappa shape index (κ1) is 19.1. The molecule has 6 nitrogen and oxygen atoms in total. The van der Waals surface area contributed by atoms with Gasteiger partial charge < -0.3 is 19.7 Å². The van der Waals surface area contributed by atoms with Gasteiger partial charge in [0.05, 0.1) is 26.2 Å². The van der Waals surface area contributed by atoms with Gasteiger partial charge in [0, 0.05) is 25.2 Å². The van der Waals surface area contributed by atoms with Gasteiger partial charge in [-0.15, -0.1) is 0 Å². The van der Waals surface area contributed by atoms with Crippen LogP contribution < -0.4 is 10.1 Å². The van der Waals surface area contributed by atoms with E-state index in [9.17, 15) is 4.79 Å². The molecule has 1 saturated heterocycles. The van der Waals surface area contributed by atoms with Crippen LogP contribution in [0.3, 0.4) is 0 Å². The van der Waals surface area contributed by atoms with Gasteiger partial charge in [-0.2, -0.15) is 0 Å². The van der Waals surface area contributed by atoms with Gasteiger partial charge in [0.25, 0.3) is 0 Å². The van der Waals surface area contributed by atoms with E-state index >= 15 is 0 Å². The standard InChI is InChI=1S/C19H29N3O3/c1-4-20-19(21-14-16-8-6-7-9-17(16)24-3)22-12-10-15(11-13-22)18(23)25-5-2/h6-9,15H,4-5,10-14H2,1-3H3,(H,20,21). The van der Waals surface area contributed by atoms with Crippen LogP contribution in [0.5, 0.6) is 5.75 Å². The molecule has 6 heteroatoms. The van der Waals surface area contributed by atoms with Crippen LogP contribution in [0.4, 0.5) is 0 Å². The van der Waals surface area contributed by atoms with Crippen LogP contribution in [0.1, 0.15) is 32.3 Å². The SMILES string of the molecule is CCNC(=NCc1ccccc1OC)N1CCC(C(=O)OCC)CC1. The molecule has 138 valence electrons. The number of carbonyl (C=O) groups excluding carboxylic acids is 1. The first-order valence-corrected chi connectivity index (χ1v) is 9.01. The van der Waals surface area contributed by atoms with Gasteiger partial charge in [-0.25, -0.2) is 4.99 Å². The van der Waals surface area contributed by atoms with Crippen LogP contribution in [-0.4, -0.2) is 50.2 Å². The van der Waals surface area contributed by atoms with Crippen LogP contribution >= 0.6 is 0 Å². The van der Waals surface area contributed by atoms with Crippen molar-refractivity contribution in [3.63, 3.8) is 0 Å². The smallest absolute Gasteiger partial charge is 0.309 e. The highest BCUT2D eigenvalue weighted by atomic mass is 16.5. The predicted molar refractivity (Wildman–Crippen MR) is 98.7 cm³/mol. The van der Waals surface area contributed by atoms with E-state index in [-0.39, 0.29) is 11.9 Å². The molecule has 1 aliphatic rings. The van der Waals surface area contributed by atoms with Crippen molar-refractivity contribution in [3.8, 4) is 5.75 Å². The van der Waals surface area contributed by atoms with Crippen LogP contribution in [0.25, 0.3) is 0 Å². The predicted octanol–water partition coefficient (Wildman–Crippen LogP) is 2.44. The third kappa shape index (κ3) is 5.37. The van der Waals surface area contributed by atoms with E-state index in [0.29, 0.717) is 13.2 Å². The highest BCUT2D eigenvalue weighted by molar-refractivity contribution is 5.80. The number of esters is 1. The number of guanidine groups is 1. The van der Waals surface area contributed by atoms with E-state index in [2.05, 4.69) is 17.1 Å². The number of ether oxygens (including phenoxy) is 2. The molecule has 0 amide bonds. The summed E-state index contributed by atoms with van der Waals surface area (Å²) in [6, 6.07) is 7.92. The molecule has 1 aliphatic heterocycles. The Bertz CT molecular complexity index is 581. The molecule has 1 heterocycles. The molecule has 0 radical (unpaired) electrons. The molecule has 0 bridgehead atoms. The summed E-state index contributed by atoms with van der Waals surface area (Å²) in [5, 5.41) is 3.35. The van der Waals surface area contributed by atoms with Gasteiger partial charge in [0.1, 0.15) is 5.75 Å². The van der Waals surface area contributed by atoms with Crippen LogP contribution in [0.15, 0.2) is 29.3 Å². The maximum Gasteiger partial charge on any atom is 0.309 e. The number of hydrogen-bond donors (Lipinski definition) is 1. The number of benzene rings is 1. The average Bonchev–Trinajstić information content (AvgIpc) is 2.65. The molecule has 1 fully saturated rings. The second kappa shape index (κ2) is 9.91. The summed E-state index contributed by atoms with van der Waals surface area (Å²) in [5.41, 5.74) is 1.06. The maximum absolute atomic E-state index is 11.9. The zero-order valence-electron chi connectivity index (χ0n) is 15.5. The molecule has 1 aromatic carbocycles. The van der Waals surface area contributed by atoms with Crippen molar-refractivity contribution in [2.45, 2.75) is 33.2 Å². The Kier molecular flexibility index (Phi) is 7.57. The van der Waals surface area contributed by atoms with E-state index in [1.54, 1.807) is 7.11 Å². The summed E-state index contributed by atoms with van der Waals surface area (Å²) in [7, 11) is 1.67. The topological polar surface area (TPSA) is 63.2 Å². The molecule has 25 heavy (non-hydrogen) atoms. The fraction of sp³-hybridized carbons (Fsp3) is 0.579. The molecule has 0 atom stereocenters. The summed E-state index contributed by atoms with van der Waals surface area (Å²) < 4.78 is 10.5. The van der Waals surface area contributed by atoms with Crippen LogP contribution in [0, 0.1) is 5.92 Å². The monoisotopic (exact) mass is 347 g/mol. The lowest BCUT2D eigenvalue weighted by Gasteiger charge is -2.33. The number of rotatable bonds is 6. The fourth-order valence-electron chi connectivity index (χ4n) is 3.01. The summed E-state index contributed by atoms with van der Waals surface area (Å²) in [6.45, 7) is 7.34. The molecule has 0 aromatic heterocycles. The van der Waals surface area contributed by atoms with Crippen LogP contribution in [-0.2, 0) is 16.1 Å². The number of methoxy groups -OCH3 is 1. The Morgan fingerprint density at radius 3 is 2.64 bits per heavy atom.